The van der Waals surface area contributed by atoms with Gasteiger partial charge in [-0.25, -0.2) is 0 Å². The Hall–Kier alpha value is -1.92. The van der Waals surface area contributed by atoms with Crippen molar-refractivity contribution in [2.75, 3.05) is 11.9 Å². The lowest BCUT2D eigenvalue weighted by molar-refractivity contribution is -0.117. The van der Waals surface area contributed by atoms with Crippen LogP contribution in [0.1, 0.15) is 64.0 Å². The van der Waals surface area contributed by atoms with Crippen molar-refractivity contribution in [3.8, 4) is 0 Å². The first-order valence-electron chi connectivity index (χ1n) is 10.0. The molecule has 0 atom stereocenters. The lowest BCUT2D eigenvalue weighted by Crippen LogP contribution is -2.21. The van der Waals surface area contributed by atoms with E-state index < -0.39 is 5.60 Å². The van der Waals surface area contributed by atoms with Crippen LogP contribution in [-0.4, -0.2) is 32.5 Å². The van der Waals surface area contributed by atoms with Gasteiger partial charge >= 0.3 is 0 Å². The monoisotopic (exact) mass is 371 g/mol. The third-order valence-corrected chi connectivity index (χ3v) is 5.98. The van der Waals surface area contributed by atoms with E-state index in [4.69, 9.17) is 5.10 Å². The minimum atomic E-state index is -1.07. The van der Waals surface area contributed by atoms with Crippen LogP contribution in [0, 0.1) is 11.8 Å². The summed E-state index contributed by atoms with van der Waals surface area (Å²) in [5, 5.41) is 28.7. The largest absolute Gasteiger partial charge is 0.396 e. The Morgan fingerprint density at radius 2 is 1.93 bits per heavy atom. The summed E-state index contributed by atoms with van der Waals surface area (Å²) >= 11 is 0. The second kappa shape index (κ2) is 6.91. The summed E-state index contributed by atoms with van der Waals surface area (Å²) in [4.78, 5) is 12.3. The molecule has 27 heavy (non-hydrogen) atoms. The predicted molar refractivity (Wildman–Crippen MR) is 104 cm³/mol. The number of nitrogens with zero attached hydrogens (tertiary/aromatic N) is 2. The number of aliphatic hydroxyl groups excluding tert-OH is 1. The van der Waals surface area contributed by atoms with Gasteiger partial charge in [-0.2, -0.15) is 5.10 Å². The molecule has 1 aromatic carbocycles. The third kappa shape index (κ3) is 3.87. The molecule has 6 heteroatoms. The number of nitrogens with one attached hydrogen (secondary N) is 1. The molecule has 1 amide bonds. The maximum atomic E-state index is 12.3. The van der Waals surface area contributed by atoms with Gasteiger partial charge in [0.05, 0.1) is 17.2 Å². The first-order chi connectivity index (χ1) is 12.8. The Labute approximate surface area is 159 Å². The minimum Gasteiger partial charge on any atom is -0.396 e. The zero-order valence-electron chi connectivity index (χ0n) is 16.1. The number of carbonyl (C=O) groups is 1. The second-order valence-corrected chi connectivity index (χ2v) is 8.75. The standard InChI is InChI=1S/C21H29N3O3/c1-21(2,27)17-10-18-15(9-19(17)22-20(26)14-5-6-14)11-24(23-18)16-7-3-13(12-25)4-8-16/h9-11,13-14,16,25,27H,3-8,12H2,1-2H3,(H,22,26). The first kappa shape index (κ1) is 18.4. The molecule has 2 fully saturated rings. The molecule has 2 saturated carbocycles. The van der Waals surface area contributed by atoms with Gasteiger partial charge in [0.25, 0.3) is 0 Å². The lowest BCUT2D eigenvalue weighted by atomic mass is 9.87. The molecule has 0 saturated heterocycles. The van der Waals surface area contributed by atoms with Crippen molar-refractivity contribution < 1.29 is 15.0 Å². The fourth-order valence-electron chi connectivity index (χ4n) is 4.06. The van der Waals surface area contributed by atoms with Gasteiger partial charge in [-0.3, -0.25) is 9.48 Å². The van der Waals surface area contributed by atoms with Gasteiger partial charge in [-0.15, -0.1) is 0 Å². The molecule has 3 N–H and O–H groups in total. The Bertz CT molecular complexity index is 840. The molecule has 0 radical (unpaired) electrons. The maximum Gasteiger partial charge on any atom is 0.227 e. The van der Waals surface area contributed by atoms with E-state index in [0.29, 0.717) is 23.2 Å². The normalized spacial score (nSPS) is 23.6. The van der Waals surface area contributed by atoms with Gasteiger partial charge in [0, 0.05) is 35.4 Å². The smallest absolute Gasteiger partial charge is 0.227 e. The summed E-state index contributed by atoms with van der Waals surface area (Å²) in [6.07, 6.45) is 8.01. The Balaban J connectivity index is 1.65. The van der Waals surface area contributed by atoms with Crippen LogP contribution >= 0.6 is 0 Å². The van der Waals surface area contributed by atoms with Crippen LogP contribution in [-0.2, 0) is 10.4 Å². The molecule has 4 rings (SSSR count). The summed E-state index contributed by atoms with van der Waals surface area (Å²) in [6.45, 7) is 3.73. The molecule has 2 aromatic rings. The molecule has 0 unspecified atom stereocenters. The zero-order valence-corrected chi connectivity index (χ0v) is 16.1. The molecule has 0 bridgehead atoms. The highest BCUT2D eigenvalue weighted by atomic mass is 16.3. The molecule has 6 nitrogen and oxygen atoms in total. The number of fused-ring (bicyclic) bond motifs is 1. The molecular formula is C21H29N3O3. The van der Waals surface area contributed by atoms with Crippen LogP contribution in [0.25, 0.3) is 10.9 Å². The number of hydrogen-bond acceptors (Lipinski definition) is 4. The molecule has 146 valence electrons. The second-order valence-electron chi connectivity index (χ2n) is 8.75. The van der Waals surface area contributed by atoms with E-state index in [1.54, 1.807) is 13.8 Å². The van der Waals surface area contributed by atoms with E-state index in [0.717, 1.165) is 49.4 Å². The number of benzene rings is 1. The summed E-state index contributed by atoms with van der Waals surface area (Å²) in [5.74, 6) is 0.562. The van der Waals surface area contributed by atoms with Gasteiger partial charge in [-0.05, 0) is 70.4 Å². The van der Waals surface area contributed by atoms with Crippen molar-refractivity contribution >= 4 is 22.5 Å². The average Bonchev–Trinajstić information content (AvgIpc) is 3.40. The highest BCUT2D eigenvalue weighted by molar-refractivity contribution is 5.97. The first-order valence-corrected chi connectivity index (χ1v) is 10.0. The van der Waals surface area contributed by atoms with Gasteiger partial charge in [0.2, 0.25) is 5.91 Å². The van der Waals surface area contributed by atoms with Crippen LogP contribution < -0.4 is 5.32 Å². The van der Waals surface area contributed by atoms with Crippen LogP contribution in [0.15, 0.2) is 18.3 Å². The van der Waals surface area contributed by atoms with Crippen LogP contribution in [0.3, 0.4) is 0 Å². The van der Waals surface area contributed by atoms with Crippen molar-refractivity contribution in [3.05, 3.63) is 23.9 Å². The summed E-state index contributed by atoms with van der Waals surface area (Å²) in [6, 6.07) is 4.18. The Morgan fingerprint density at radius 1 is 1.22 bits per heavy atom. The average molecular weight is 371 g/mol. The Morgan fingerprint density at radius 3 is 2.52 bits per heavy atom. The van der Waals surface area contributed by atoms with E-state index in [9.17, 15) is 15.0 Å². The van der Waals surface area contributed by atoms with Gasteiger partial charge < -0.3 is 15.5 Å². The van der Waals surface area contributed by atoms with Gasteiger partial charge in [0.15, 0.2) is 0 Å². The van der Waals surface area contributed by atoms with E-state index >= 15 is 0 Å². The molecule has 1 aromatic heterocycles. The fraction of sp³-hybridized carbons (Fsp3) is 0.619. The molecule has 2 aliphatic rings. The molecule has 0 spiro atoms. The summed E-state index contributed by atoms with van der Waals surface area (Å²) in [7, 11) is 0. The number of aromatic nitrogens is 2. The molecule has 0 aliphatic heterocycles. The molecule has 1 heterocycles. The number of anilines is 1. The van der Waals surface area contributed by atoms with Crippen molar-refractivity contribution in [2.45, 2.75) is 64.0 Å². The van der Waals surface area contributed by atoms with Crippen LogP contribution in [0.4, 0.5) is 5.69 Å². The number of amides is 1. The summed E-state index contributed by atoms with van der Waals surface area (Å²) < 4.78 is 2.03. The Kier molecular flexibility index (Phi) is 4.72. The number of aliphatic hydroxyl groups is 2. The number of carbonyl (C=O) groups excluding carboxylic acids is 1. The van der Waals surface area contributed by atoms with E-state index in [-0.39, 0.29) is 18.4 Å². The SMILES string of the molecule is CC(C)(O)c1cc2nn(C3CCC(CO)CC3)cc2cc1NC(=O)C1CC1. The van der Waals surface area contributed by atoms with Gasteiger partial charge in [-0.1, -0.05) is 0 Å². The quantitative estimate of drug-likeness (QED) is 0.752. The predicted octanol–water partition coefficient (Wildman–Crippen LogP) is 3.34. The minimum absolute atomic E-state index is 0.0366. The zero-order chi connectivity index (χ0) is 19.2. The van der Waals surface area contributed by atoms with E-state index in [1.807, 2.05) is 23.0 Å². The van der Waals surface area contributed by atoms with E-state index in [1.165, 1.54) is 0 Å². The van der Waals surface area contributed by atoms with Crippen molar-refractivity contribution in [1.29, 1.82) is 0 Å². The summed E-state index contributed by atoms with van der Waals surface area (Å²) in [5.41, 5.74) is 1.14. The molecule has 2 aliphatic carbocycles. The van der Waals surface area contributed by atoms with Crippen molar-refractivity contribution in [3.63, 3.8) is 0 Å². The number of hydrogen-bond donors (Lipinski definition) is 3. The highest BCUT2D eigenvalue weighted by Gasteiger charge is 2.31. The topological polar surface area (TPSA) is 87.4 Å². The van der Waals surface area contributed by atoms with Crippen LogP contribution in [0.2, 0.25) is 0 Å². The lowest BCUT2D eigenvalue weighted by Gasteiger charge is -2.27. The third-order valence-electron chi connectivity index (χ3n) is 5.98. The van der Waals surface area contributed by atoms with Crippen molar-refractivity contribution in [2.24, 2.45) is 11.8 Å². The van der Waals surface area contributed by atoms with Crippen molar-refractivity contribution in [1.82, 2.24) is 9.78 Å². The van der Waals surface area contributed by atoms with Crippen LogP contribution in [0.5, 0.6) is 0 Å². The highest BCUT2D eigenvalue weighted by Crippen LogP contribution is 2.36. The number of rotatable bonds is 5. The maximum absolute atomic E-state index is 12.3. The fourth-order valence-corrected chi connectivity index (χ4v) is 4.06. The molecular weight excluding hydrogens is 342 g/mol. The van der Waals surface area contributed by atoms with Gasteiger partial charge in [0.1, 0.15) is 0 Å². The van der Waals surface area contributed by atoms with E-state index in [2.05, 4.69) is 5.32 Å².